The van der Waals surface area contributed by atoms with E-state index in [1.807, 2.05) is 0 Å². The Kier molecular flexibility index (Phi) is 7.15. The highest BCUT2D eigenvalue weighted by Crippen LogP contribution is 2.27. The van der Waals surface area contributed by atoms with E-state index in [4.69, 9.17) is 4.74 Å². The highest BCUT2D eigenvalue weighted by Gasteiger charge is 2.44. The van der Waals surface area contributed by atoms with Crippen molar-refractivity contribution < 1.29 is 23.9 Å². The molecular formula is C22H29N7O5S. The molecule has 13 heteroatoms. The highest BCUT2D eigenvalue weighted by atomic mass is 32.1. The number of amides is 3. The van der Waals surface area contributed by atoms with Crippen LogP contribution < -0.4 is 5.32 Å². The number of ether oxygens (including phenoxy) is 1. The average molecular weight is 504 g/mol. The van der Waals surface area contributed by atoms with Gasteiger partial charge in [-0.15, -0.1) is 5.10 Å². The molecule has 4 rings (SSSR count). The Morgan fingerprint density at radius 2 is 1.89 bits per heavy atom. The fourth-order valence-electron chi connectivity index (χ4n) is 4.83. The summed E-state index contributed by atoms with van der Waals surface area (Å²) in [6.07, 6.45) is 1.88. The van der Waals surface area contributed by atoms with Crippen LogP contribution in [-0.2, 0) is 21.4 Å². The van der Waals surface area contributed by atoms with Gasteiger partial charge in [0.25, 0.3) is 11.8 Å². The summed E-state index contributed by atoms with van der Waals surface area (Å²) in [6.45, 7) is 4.18. The lowest BCUT2D eigenvalue weighted by Crippen LogP contribution is -2.59. The van der Waals surface area contributed by atoms with Crippen molar-refractivity contribution in [3.8, 4) is 0 Å². The number of likely N-dealkylation sites (tertiary alicyclic amines) is 2. The van der Waals surface area contributed by atoms with E-state index in [1.54, 1.807) is 27.0 Å². The first kappa shape index (κ1) is 24.8. The van der Waals surface area contributed by atoms with Gasteiger partial charge in [-0.25, -0.2) is 4.79 Å². The van der Waals surface area contributed by atoms with Crippen LogP contribution >= 0.6 is 11.5 Å². The van der Waals surface area contributed by atoms with Crippen LogP contribution in [0.3, 0.4) is 0 Å². The number of carbonyl (C=O) groups excluding carboxylic acids is 4. The van der Waals surface area contributed by atoms with Gasteiger partial charge in [-0.2, -0.15) is 5.10 Å². The minimum atomic E-state index is -0.845. The Hall–Kier alpha value is -3.35. The van der Waals surface area contributed by atoms with Gasteiger partial charge in [-0.3, -0.25) is 19.1 Å². The van der Waals surface area contributed by atoms with E-state index < -0.39 is 18.1 Å². The third-order valence-corrected chi connectivity index (χ3v) is 7.40. The summed E-state index contributed by atoms with van der Waals surface area (Å²) in [4.78, 5) is 55.8. The Labute approximate surface area is 206 Å². The summed E-state index contributed by atoms with van der Waals surface area (Å²) >= 11 is 1.01. The van der Waals surface area contributed by atoms with E-state index >= 15 is 0 Å². The van der Waals surface area contributed by atoms with Crippen LogP contribution in [0.1, 0.15) is 57.2 Å². The highest BCUT2D eigenvalue weighted by molar-refractivity contribution is 7.08. The van der Waals surface area contributed by atoms with E-state index in [9.17, 15) is 19.2 Å². The van der Waals surface area contributed by atoms with E-state index in [-0.39, 0.29) is 36.7 Å². The largest absolute Gasteiger partial charge is 0.467 e. The Morgan fingerprint density at radius 3 is 2.51 bits per heavy atom. The second-order valence-corrected chi connectivity index (χ2v) is 9.66. The third-order valence-electron chi connectivity index (χ3n) is 6.57. The van der Waals surface area contributed by atoms with Gasteiger partial charge in [0.05, 0.1) is 18.5 Å². The predicted octanol–water partition coefficient (Wildman–Crippen LogP) is 0.456. The van der Waals surface area contributed by atoms with Gasteiger partial charge in [0.1, 0.15) is 22.7 Å². The summed E-state index contributed by atoms with van der Waals surface area (Å²) in [5.41, 5.74) is 1.61. The summed E-state index contributed by atoms with van der Waals surface area (Å²) in [7, 11) is 2.98. The zero-order chi connectivity index (χ0) is 25.3. The molecule has 0 saturated carbocycles. The fourth-order valence-corrected chi connectivity index (χ4v) is 5.38. The van der Waals surface area contributed by atoms with Crippen LogP contribution in [0.25, 0.3) is 0 Å². The molecule has 2 saturated heterocycles. The van der Waals surface area contributed by atoms with Crippen molar-refractivity contribution in [2.75, 3.05) is 20.2 Å². The average Bonchev–Trinajstić information content (AvgIpc) is 3.57. The van der Waals surface area contributed by atoms with E-state index in [1.165, 1.54) is 21.6 Å². The van der Waals surface area contributed by atoms with Gasteiger partial charge in [0.2, 0.25) is 5.91 Å². The summed E-state index contributed by atoms with van der Waals surface area (Å²) < 4.78 is 10.2. The maximum absolute atomic E-state index is 13.8. The van der Waals surface area contributed by atoms with Gasteiger partial charge in [0.15, 0.2) is 0 Å². The summed E-state index contributed by atoms with van der Waals surface area (Å²) in [6, 6.07) is -0.175. The monoisotopic (exact) mass is 503 g/mol. The molecule has 0 unspecified atom stereocenters. The molecule has 2 aliphatic heterocycles. The van der Waals surface area contributed by atoms with Crippen molar-refractivity contribution >= 4 is 35.2 Å². The van der Waals surface area contributed by atoms with Crippen LogP contribution in [0.2, 0.25) is 0 Å². The lowest BCUT2D eigenvalue weighted by atomic mass is 9.95. The number of nitrogens with one attached hydrogen (secondary N) is 1. The van der Waals surface area contributed by atoms with E-state index in [0.29, 0.717) is 47.8 Å². The number of esters is 1. The molecular weight excluding hydrogens is 474 g/mol. The molecule has 0 aliphatic carbocycles. The smallest absolute Gasteiger partial charge is 0.328 e. The van der Waals surface area contributed by atoms with Crippen molar-refractivity contribution in [3.05, 3.63) is 28.0 Å². The molecule has 0 spiro atoms. The first-order valence-electron chi connectivity index (χ1n) is 11.5. The van der Waals surface area contributed by atoms with E-state index in [2.05, 4.69) is 20.0 Å². The maximum atomic E-state index is 13.8. The number of aromatic nitrogens is 4. The van der Waals surface area contributed by atoms with Crippen molar-refractivity contribution in [2.45, 2.75) is 57.7 Å². The summed E-state index contributed by atoms with van der Waals surface area (Å²) in [5, 5.41) is 11.1. The minimum Gasteiger partial charge on any atom is -0.467 e. The topological polar surface area (TPSA) is 140 Å². The summed E-state index contributed by atoms with van der Waals surface area (Å²) in [5.74, 6) is -1.40. The Balaban J connectivity index is 1.59. The number of rotatable bonds is 5. The molecule has 2 aliphatic rings. The molecule has 12 nitrogen and oxygen atoms in total. The minimum absolute atomic E-state index is 0.225. The lowest BCUT2D eigenvalue weighted by Gasteiger charge is -2.40. The zero-order valence-electron chi connectivity index (χ0n) is 20.2. The number of hydrogen-bond acceptors (Lipinski definition) is 9. The molecule has 4 heterocycles. The number of nitrogens with zero attached hydrogens (tertiary/aromatic N) is 6. The SMILES string of the molecule is COC(=O)[C@H]1CCCN1C(=O)[C@@H]1C[C@@H](NC(=O)c2snnc2C)CCN1C(=O)c1cc(C)nn1C. The molecule has 2 aromatic heterocycles. The van der Waals surface area contributed by atoms with Gasteiger partial charge in [-0.1, -0.05) is 4.49 Å². The normalized spacial score (nSPS) is 22.2. The fraction of sp³-hybridized carbons (Fsp3) is 0.591. The van der Waals surface area contributed by atoms with Crippen molar-refractivity contribution in [1.82, 2.24) is 34.5 Å². The zero-order valence-corrected chi connectivity index (χ0v) is 21.0. The first-order valence-corrected chi connectivity index (χ1v) is 12.3. The van der Waals surface area contributed by atoms with Crippen LogP contribution in [-0.4, -0.2) is 91.2 Å². The predicted molar refractivity (Wildman–Crippen MR) is 125 cm³/mol. The van der Waals surface area contributed by atoms with Crippen LogP contribution in [0.4, 0.5) is 0 Å². The van der Waals surface area contributed by atoms with Gasteiger partial charge >= 0.3 is 5.97 Å². The molecule has 188 valence electrons. The Bertz CT molecular complexity index is 1150. The Morgan fingerprint density at radius 1 is 1.11 bits per heavy atom. The lowest BCUT2D eigenvalue weighted by molar-refractivity contribution is -0.153. The van der Waals surface area contributed by atoms with Crippen LogP contribution in [0.15, 0.2) is 6.07 Å². The molecule has 0 aromatic carbocycles. The molecule has 2 aromatic rings. The standard InChI is InChI=1S/C22H29N7O5S/c1-12-10-16(27(3)25-12)20(31)29-9-7-14(23-19(30)18-13(2)24-26-35-18)11-17(29)21(32)28-8-5-6-15(28)22(33)34-4/h10,14-15,17H,5-9,11H2,1-4H3,(H,23,30)/t14-,15+,17-/m0/s1. The van der Waals surface area contributed by atoms with Crippen LogP contribution in [0, 0.1) is 13.8 Å². The van der Waals surface area contributed by atoms with Crippen LogP contribution in [0.5, 0.6) is 0 Å². The molecule has 3 atom stereocenters. The number of hydrogen-bond donors (Lipinski definition) is 1. The maximum Gasteiger partial charge on any atom is 0.328 e. The second-order valence-electron chi connectivity index (χ2n) is 8.90. The first-order chi connectivity index (χ1) is 16.7. The number of methoxy groups -OCH3 is 1. The van der Waals surface area contributed by atoms with Crippen molar-refractivity contribution in [1.29, 1.82) is 0 Å². The number of aryl methyl sites for hydroxylation is 3. The van der Waals surface area contributed by atoms with Crippen molar-refractivity contribution in [2.24, 2.45) is 7.05 Å². The number of piperidine rings is 1. The number of carbonyl (C=O) groups is 4. The van der Waals surface area contributed by atoms with Gasteiger partial charge < -0.3 is 19.9 Å². The van der Waals surface area contributed by atoms with Gasteiger partial charge in [-0.05, 0) is 57.1 Å². The molecule has 0 bridgehead atoms. The second kappa shape index (κ2) is 10.1. The molecule has 0 radical (unpaired) electrons. The van der Waals surface area contributed by atoms with Gasteiger partial charge in [0, 0.05) is 26.2 Å². The molecule has 35 heavy (non-hydrogen) atoms. The quantitative estimate of drug-likeness (QED) is 0.581. The molecule has 1 N–H and O–H groups in total. The van der Waals surface area contributed by atoms with Crippen molar-refractivity contribution in [3.63, 3.8) is 0 Å². The third kappa shape index (κ3) is 4.90. The van der Waals surface area contributed by atoms with E-state index in [0.717, 1.165) is 11.5 Å². The molecule has 2 fully saturated rings. The molecule has 3 amide bonds.